The summed E-state index contributed by atoms with van der Waals surface area (Å²) < 4.78 is 61.5. The fourth-order valence-electron chi connectivity index (χ4n) is 3.12. The quantitative estimate of drug-likeness (QED) is 0.289. The van der Waals surface area contributed by atoms with Gasteiger partial charge in [0.2, 0.25) is 0 Å². The van der Waals surface area contributed by atoms with Gasteiger partial charge in [0.15, 0.2) is 0 Å². The molecule has 6 nitrogen and oxygen atoms in total. The zero-order valence-electron chi connectivity index (χ0n) is 14.8. The second-order valence-corrected chi connectivity index (χ2v) is 8.59. The predicted octanol–water partition coefficient (Wildman–Crippen LogP) is 4.50. The van der Waals surface area contributed by atoms with Crippen molar-refractivity contribution < 1.29 is 34.6 Å². The third-order valence-electron chi connectivity index (χ3n) is 4.24. The number of hydrogen-bond acceptors (Lipinski definition) is 3. The first-order valence-electron chi connectivity index (χ1n) is 8.79. The minimum atomic E-state index is -10.7. The van der Waals surface area contributed by atoms with Gasteiger partial charge in [0.25, 0.3) is 0 Å². The molecule has 0 saturated carbocycles. The summed E-state index contributed by atoms with van der Waals surface area (Å²) in [6, 6.07) is 8.83. The molecule has 2 aromatic rings. The van der Waals surface area contributed by atoms with Crippen LogP contribution in [0.3, 0.4) is 0 Å². The van der Waals surface area contributed by atoms with Crippen molar-refractivity contribution in [3.8, 4) is 0 Å². The minimum Gasteiger partial charge on any atom is -0.278 e. The Morgan fingerprint density at radius 2 is 1.50 bits per heavy atom. The summed E-state index contributed by atoms with van der Waals surface area (Å²) in [5.74, 6) is 0. The molecule has 0 atom stereocenters. The van der Waals surface area contributed by atoms with E-state index in [0.29, 0.717) is 0 Å². The normalized spacial score (nSPS) is 19.8. The van der Waals surface area contributed by atoms with E-state index in [1.165, 1.54) is 25.7 Å². The fraction of sp³-hybridized carbons (Fsp3) is 0.533. The van der Waals surface area contributed by atoms with Gasteiger partial charge < -0.3 is 0 Å². The Morgan fingerprint density at radius 1 is 0.929 bits per heavy atom. The van der Waals surface area contributed by atoms with E-state index < -0.39 is 7.81 Å². The average molecular weight is 431 g/mol. The van der Waals surface area contributed by atoms with Crippen LogP contribution in [0.1, 0.15) is 25.7 Å². The molecule has 0 amide bonds. The zero-order valence-corrected chi connectivity index (χ0v) is 15.7. The van der Waals surface area contributed by atoms with Gasteiger partial charge in [-0.2, -0.15) is 0 Å². The molecule has 2 aliphatic heterocycles. The van der Waals surface area contributed by atoms with Crippen molar-refractivity contribution in [2.75, 3.05) is 26.2 Å². The molecule has 13 heteroatoms. The van der Waals surface area contributed by atoms with E-state index in [-0.39, 0.29) is 0 Å². The smallest absolute Gasteiger partial charge is 0.278 e. The number of benzene rings is 1. The van der Waals surface area contributed by atoms with Crippen LogP contribution in [0.4, 0.5) is 25.2 Å². The van der Waals surface area contributed by atoms with E-state index in [4.69, 9.17) is 4.84 Å². The van der Waals surface area contributed by atoms with Crippen LogP contribution >= 0.6 is 7.81 Å². The number of amidine groups is 1. The Morgan fingerprint density at radius 3 is 2.11 bits per heavy atom. The van der Waals surface area contributed by atoms with Crippen molar-refractivity contribution in [2.24, 2.45) is 0 Å². The predicted molar refractivity (Wildman–Crippen MR) is 92.7 cm³/mol. The third kappa shape index (κ3) is 6.50. The van der Waals surface area contributed by atoms with Gasteiger partial charge in [-0.1, -0.05) is 17.0 Å². The summed E-state index contributed by atoms with van der Waals surface area (Å²) in [5.41, 5.74) is 1.77. The Hall–Kier alpha value is -2.10. The molecule has 0 N–H and O–H groups in total. The summed E-state index contributed by atoms with van der Waals surface area (Å²) in [7, 11) is -10.7. The van der Waals surface area contributed by atoms with Crippen LogP contribution in [0.15, 0.2) is 24.3 Å². The van der Waals surface area contributed by atoms with Crippen LogP contribution in [0.5, 0.6) is 0 Å². The molecule has 28 heavy (non-hydrogen) atoms. The van der Waals surface area contributed by atoms with Gasteiger partial charge in [-0.15, -0.1) is 5.10 Å². The number of aromatic nitrogens is 3. The second kappa shape index (κ2) is 6.75. The van der Waals surface area contributed by atoms with E-state index in [9.17, 15) is 25.2 Å². The van der Waals surface area contributed by atoms with Gasteiger partial charge in [0.1, 0.15) is 11.0 Å². The first kappa shape index (κ1) is 20.6. The molecule has 0 unspecified atom stereocenters. The van der Waals surface area contributed by atoms with E-state index in [1.54, 1.807) is 4.85 Å². The zero-order chi connectivity index (χ0) is 20.5. The molecule has 0 bridgehead atoms. The molecule has 3 heterocycles. The monoisotopic (exact) mass is 431 g/mol. The molecular formula is C15H20F6N5OP. The Balaban J connectivity index is 0.000000279. The van der Waals surface area contributed by atoms with Gasteiger partial charge >= 0.3 is 39.0 Å². The molecule has 2 aliphatic rings. The van der Waals surface area contributed by atoms with Crippen molar-refractivity contribution in [3.05, 3.63) is 24.3 Å². The molecule has 1 aromatic carbocycles. The number of halogens is 6. The number of likely N-dealkylation sites (tertiary alicyclic amines) is 1. The van der Waals surface area contributed by atoms with Gasteiger partial charge in [-0.05, 0) is 43.0 Å². The number of hydrogen-bond donors (Lipinski definition) is 0. The Kier molecular flexibility index (Phi) is 4.97. The number of rotatable bonds is 1. The van der Waals surface area contributed by atoms with Gasteiger partial charge in [-0.25, -0.2) is 9.48 Å². The molecule has 2 fully saturated rings. The maximum atomic E-state index is 9.87. The standard InChI is InChI=1S/C15H20N5O.F6P/c1-2-8-14-13(7-1)16-17-20(14)21-15(18-9-3-4-10-18)19-11-5-6-12-19;1-7(2,3,4,5)6/h1-2,7-8H,3-6,9-12H2;/q+1;-1. The van der Waals surface area contributed by atoms with Crippen LogP contribution in [-0.2, 0) is 0 Å². The minimum absolute atomic E-state index is 0.861. The maximum absolute atomic E-state index is 10.7. The van der Waals surface area contributed by atoms with Crippen LogP contribution in [0.2, 0.25) is 0 Å². The van der Waals surface area contributed by atoms with Crippen molar-refractivity contribution in [2.45, 2.75) is 25.7 Å². The third-order valence-corrected chi connectivity index (χ3v) is 4.24. The summed E-state index contributed by atoms with van der Waals surface area (Å²) in [6.45, 7) is 4.27. The molecular weight excluding hydrogens is 411 g/mol. The molecule has 4 rings (SSSR count). The van der Waals surface area contributed by atoms with Gasteiger partial charge in [-0.3, -0.25) is 4.84 Å². The molecule has 1 aromatic heterocycles. The summed E-state index contributed by atoms with van der Waals surface area (Å²) in [6.07, 6.45) is 4.94. The van der Waals surface area contributed by atoms with Gasteiger partial charge in [0, 0.05) is 0 Å². The molecule has 158 valence electrons. The van der Waals surface area contributed by atoms with E-state index in [2.05, 4.69) is 19.8 Å². The molecule has 0 spiro atoms. The van der Waals surface area contributed by atoms with Crippen molar-refractivity contribution in [1.82, 2.24) is 20.1 Å². The summed E-state index contributed by atoms with van der Waals surface area (Å²) >= 11 is 0. The molecule has 0 aliphatic carbocycles. The van der Waals surface area contributed by atoms with E-state index in [1.807, 2.05) is 24.3 Å². The largest absolute Gasteiger partial charge is 0.472 e. The second-order valence-electron chi connectivity index (χ2n) is 6.67. The number of fused-ring (bicyclic) bond motifs is 1. The van der Waals surface area contributed by atoms with Crippen molar-refractivity contribution >= 4 is 24.9 Å². The summed E-state index contributed by atoms with van der Waals surface area (Å²) in [5, 5.41) is 8.31. The van der Waals surface area contributed by atoms with Crippen molar-refractivity contribution in [3.63, 3.8) is 0 Å². The van der Waals surface area contributed by atoms with Crippen molar-refractivity contribution in [1.29, 1.82) is 0 Å². The SMILES string of the molecule is F[P-](F)(F)(F)(F)F.c1ccc2c(c1)nnn2OC(N1CCCC1)=[N+]1CCCC1. The van der Waals surface area contributed by atoms with Crippen LogP contribution in [0, 0.1) is 0 Å². The van der Waals surface area contributed by atoms with E-state index >= 15 is 0 Å². The topological polar surface area (TPSA) is 46.2 Å². The van der Waals surface area contributed by atoms with E-state index in [0.717, 1.165) is 43.2 Å². The van der Waals surface area contributed by atoms with Crippen LogP contribution < -0.4 is 4.84 Å². The Labute approximate surface area is 156 Å². The molecule has 0 radical (unpaired) electrons. The maximum Gasteiger partial charge on any atom is 0.472 e. The molecule has 2 saturated heterocycles. The summed E-state index contributed by atoms with van der Waals surface area (Å²) in [4.78, 5) is 10.0. The number of para-hydroxylation sites is 1. The first-order valence-corrected chi connectivity index (χ1v) is 10.8. The van der Waals surface area contributed by atoms with Crippen LogP contribution in [0.25, 0.3) is 11.0 Å². The first-order chi connectivity index (χ1) is 12.9. The Bertz CT molecular complexity index is 857. The average Bonchev–Trinajstić information content (AvgIpc) is 3.31. The van der Waals surface area contributed by atoms with Crippen LogP contribution in [-0.4, -0.2) is 56.8 Å². The van der Waals surface area contributed by atoms with Gasteiger partial charge in [0.05, 0.1) is 26.2 Å². The fourth-order valence-corrected chi connectivity index (χ4v) is 3.12. The number of nitrogens with zero attached hydrogens (tertiary/aromatic N) is 5.